The number of fused-ring (bicyclic) bond motifs is 2. The average molecular weight is 328 g/mol. The van der Waals surface area contributed by atoms with Crippen molar-refractivity contribution in [3.05, 3.63) is 46.4 Å². The molecule has 1 amide bonds. The molecular weight excluding hydrogens is 308 g/mol. The summed E-state index contributed by atoms with van der Waals surface area (Å²) in [7, 11) is 0. The van der Waals surface area contributed by atoms with Crippen LogP contribution in [-0.2, 0) is 4.74 Å². The molecule has 2 N–H and O–H groups in total. The molecule has 1 aliphatic carbocycles. The molecular formula is C18H20N2O4. The standard InChI is InChI=1S/C18H20N2O4/c21-10-11-7-15-16(8-11)24-6-5-20(15)18(23)14-9-19-17(22)13-4-2-1-3-12(13)14/h1-4,9,11,15-16,21H,5-8,10H2,(H,19,22)/t11-,15+,16+/m1/s1. The van der Waals surface area contributed by atoms with Gasteiger partial charge in [-0.1, -0.05) is 18.2 Å². The van der Waals surface area contributed by atoms with E-state index in [9.17, 15) is 14.7 Å². The maximum absolute atomic E-state index is 13.1. The number of hydrogen-bond donors (Lipinski definition) is 2. The molecule has 4 rings (SSSR count). The summed E-state index contributed by atoms with van der Waals surface area (Å²) in [5.74, 6) is 0.0973. The van der Waals surface area contributed by atoms with Crippen LogP contribution < -0.4 is 5.56 Å². The number of nitrogens with one attached hydrogen (secondary N) is 1. The zero-order valence-corrected chi connectivity index (χ0v) is 13.3. The topological polar surface area (TPSA) is 82.6 Å². The molecule has 1 aliphatic heterocycles. The number of aliphatic hydroxyl groups is 1. The van der Waals surface area contributed by atoms with Gasteiger partial charge in [0.15, 0.2) is 0 Å². The third-order valence-electron chi connectivity index (χ3n) is 5.19. The van der Waals surface area contributed by atoms with Crippen LogP contribution in [0.5, 0.6) is 0 Å². The fourth-order valence-corrected chi connectivity index (χ4v) is 3.99. The fraction of sp³-hybridized carbons (Fsp3) is 0.444. The van der Waals surface area contributed by atoms with Crippen molar-refractivity contribution in [3.8, 4) is 0 Å². The molecule has 126 valence electrons. The summed E-state index contributed by atoms with van der Waals surface area (Å²) in [5.41, 5.74) is 0.321. The van der Waals surface area contributed by atoms with E-state index >= 15 is 0 Å². The third-order valence-corrected chi connectivity index (χ3v) is 5.19. The van der Waals surface area contributed by atoms with E-state index in [1.807, 2.05) is 11.0 Å². The van der Waals surface area contributed by atoms with Crippen LogP contribution in [0.4, 0.5) is 0 Å². The van der Waals surface area contributed by atoms with Crippen LogP contribution in [-0.4, -0.2) is 52.8 Å². The van der Waals surface area contributed by atoms with Crippen molar-refractivity contribution >= 4 is 16.7 Å². The number of pyridine rings is 1. The Kier molecular flexibility index (Phi) is 3.86. The molecule has 1 aromatic heterocycles. The number of aromatic amines is 1. The zero-order valence-electron chi connectivity index (χ0n) is 13.3. The highest BCUT2D eigenvalue weighted by molar-refractivity contribution is 6.06. The predicted molar refractivity (Wildman–Crippen MR) is 88.9 cm³/mol. The molecule has 6 heteroatoms. The van der Waals surface area contributed by atoms with Gasteiger partial charge in [0.25, 0.3) is 11.5 Å². The monoisotopic (exact) mass is 328 g/mol. The number of aliphatic hydroxyl groups excluding tert-OH is 1. The average Bonchev–Trinajstić information content (AvgIpc) is 3.05. The van der Waals surface area contributed by atoms with Gasteiger partial charge in [0.1, 0.15) is 0 Å². The Morgan fingerprint density at radius 2 is 2.08 bits per heavy atom. The highest BCUT2D eigenvalue weighted by Gasteiger charge is 2.43. The summed E-state index contributed by atoms with van der Waals surface area (Å²) >= 11 is 0. The Morgan fingerprint density at radius 1 is 1.29 bits per heavy atom. The second-order valence-electron chi connectivity index (χ2n) is 6.57. The third kappa shape index (κ3) is 2.42. The quantitative estimate of drug-likeness (QED) is 0.866. The maximum atomic E-state index is 13.1. The molecule has 0 bridgehead atoms. The Bertz CT molecular complexity index is 831. The van der Waals surface area contributed by atoms with Gasteiger partial charge in [-0.25, -0.2) is 0 Å². The maximum Gasteiger partial charge on any atom is 0.256 e. The number of hydrogen-bond acceptors (Lipinski definition) is 4. The number of H-pyrrole nitrogens is 1. The van der Waals surface area contributed by atoms with Gasteiger partial charge in [0.2, 0.25) is 0 Å². The van der Waals surface area contributed by atoms with E-state index in [1.165, 1.54) is 6.20 Å². The lowest BCUT2D eigenvalue weighted by molar-refractivity contribution is -0.0448. The lowest BCUT2D eigenvalue weighted by atomic mass is 10.0. The van der Waals surface area contributed by atoms with Crippen molar-refractivity contribution < 1.29 is 14.6 Å². The Labute approximate surface area is 139 Å². The number of amides is 1. The van der Waals surface area contributed by atoms with E-state index in [2.05, 4.69) is 4.98 Å². The van der Waals surface area contributed by atoms with Crippen LogP contribution in [0.15, 0.2) is 35.3 Å². The normalized spacial score (nSPS) is 26.5. The molecule has 2 aromatic rings. The number of carbonyl (C=O) groups excluding carboxylic acids is 1. The van der Waals surface area contributed by atoms with Gasteiger partial charge in [0, 0.05) is 30.1 Å². The summed E-state index contributed by atoms with van der Waals surface area (Å²) in [6, 6.07) is 7.15. The first kappa shape index (κ1) is 15.4. The molecule has 0 radical (unpaired) electrons. The molecule has 2 aliphatic rings. The largest absolute Gasteiger partial charge is 0.396 e. The summed E-state index contributed by atoms with van der Waals surface area (Å²) < 4.78 is 5.79. The van der Waals surface area contributed by atoms with Gasteiger partial charge < -0.3 is 19.7 Å². The Balaban J connectivity index is 1.71. The second-order valence-corrected chi connectivity index (χ2v) is 6.57. The van der Waals surface area contributed by atoms with Crippen LogP contribution in [0.3, 0.4) is 0 Å². The lowest BCUT2D eigenvalue weighted by Crippen LogP contribution is -2.51. The Morgan fingerprint density at radius 3 is 2.88 bits per heavy atom. The molecule has 0 unspecified atom stereocenters. The van der Waals surface area contributed by atoms with E-state index in [4.69, 9.17) is 4.74 Å². The van der Waals surface area contributed by atoms with E-state index < -0.39 is 0 Å². The molecule has 3 atom stereocenters. The van der Waals surface area contributed by atoms with Crippen LogP contribution in [0, 0.1) is 5.92 Å². The minimum absolute atomic E-state index is 0.00547. The van der Waals surface area contributed by atoms with Crippen LogP contribution in [0.1, 0.15) is 23.2 Å². The Hall–Kier alpha value is -2.18. The van der Waals surface area contributed by atoms with Gasteiger partial charge in [-0.2, -0.15) is 0 Å². The lowest BCUT2D eigenvalue weighted by Gasteiger charge is -2.37. The number of benzene rings is 1. The molecule has 0 spiro atoms. The smallest absolute Gasteiger partial charge is 0.256 e. The first-order chi connectivity index (χ1) is 11.7. The van der Waals surface area contributed by atoms with Crippen molar-refractivity contribution in [3.63, 3.8) is 0 Å². The molecule has 24 heavy (non-hydrogen) atoms. The first-order valence-corrected chi connectivity index (χ1v) is 8.33. The number of morpholine rings is 1. The first-order valence-electron chi connectivity index (χ1n) is 8.33. The van der Waals surface area contributed by atoms with Gasteiger partial charge >= 0.3 is 0 Å². The van der Waals surface area contributed by atoms with Crippen LogP contribution >= 0.6 is 0 Å². The van der Waals surface area contributed by atoms with E-state index in [0.717, 1.165) is 12.8 Å². The summed E-state index contributed by atoms with van der Waals surface area (Å²) in [6.45, 7) is 1.16. The SMILES string of the molecule is O=C(c1c[nH]c(=O)c2ccccc12)N1CCO[C@H]2C[C@H](CO)C[C@@H]21. The highest BCUT2D eigenvalue weighted by atomic mass is 16.5. The number of rotatable bonds is 2. The summed E-state index contributed by atoms with van der Waals surface area (Å²) in [5, 5.41) is 10.6. The minimum Gasteiger partial charge on any atom is -0.396 e. The van der Waals surface area contributed by atoms with Crippen LogP contribution in [0.25, 0.3) is 10.8 Å². The highest BCUT2D eigenvalue weighted by Crippen LogP contribution is 2.35. The molecule has 1 saturated carbocycles. The van der Waals surface area contributed by atoms with Gasteiger partial charge in [-0.3, -0.25) is 9.59 Å². The van der Waals surface area contributed by atoms with E-state index in [-0.39, 0.29) is 36.1 Å². The fourth-order valence-electron chi connectivity index (χ4n) is 3.99. The van der Waals surface area contributed by atoms with Crippen LogP contribution in [0.2, 0.25) is 0 Å². The number of carbonyl (C=O) groups is 1. The van der Waals surface area contributed by atoms with Gasteiger partial charge in [-0.05, 0) is 24.8 Å². The molecule has 1 aromatic carbocycles. The van der Waals surface area contributed by atoms with Crippen molar-refractivity contribution in [2.75, 3.05) is 19.8 Å². The minimum atomic E-state index is -0.191. The molecule has 2 fully saturated rings. The predicted octanol–water partition coefficient (Wildman–Crippen LogP) is 1.14. The summed E-state index contributed by atoms with van der Waals surface area (Å²) in [4.78, 5) is 29.6. The second kappa shape index (κ2) is 6.03. The van der Waals surface area contributed by atoms with Gasteiger partial charge in [0.05, 0.1) is 24.3 Å². The van der Waals surface area contributed by atoms with E-state index in [0.29, 0.717) is 29.5 Å². The van der Waals surface area contributed by atoms with Crippen molar-refractivity contribution in [2.24, 2.45) is 5.92 Å². The van der Waals surface area contributed by atoms with Crippen molar-refractivity contribution in [1.29, 1.82) is 0 Å². The number of aromatic nitrogens is 1. The van der Waals surface area contributed by atoms with Crippen molar-refractivity contribution in [2.45, 2.75) is 25.0 Å². The molecule has 6 nitrogen and oxygen atoms in total. The summed E-state index contributed by atoms with van der Waals surface area (Å²) in [6.07, 6.45) is 3.05. The number of nitrogens with zero attached hydrogens (tertiary/aromatic N) is 1. The van der Waals surface area contributed by atoms with E-state index in [1.54, 1.807) is 18.2 Å². The number of ether oxygens (including phenoxy) is 1. The van der Waals surface area contributed by atoms with Crippen molar-refractivity contribution in [1.82, 2.24) is 9.88 Å². The van der Waals surface area contributed by atoms with Gasteiger partial charge in [-0.15, -0.1) is 0 Å². The molecule has 2 heterocycles. The zero-order chi connectivity index (χ0) is 16.7. The molecule has 1 saturated heterocycles.